The van der Waals surface area contributed by atoms with Gasteiger partial charge in [-0.25, -0.2) is 4.39 Å². The number of rotatable bonds is 7. The number of halogens is 1. The van der Waals surface area contributed by atoms with Gasteiger partial charge in [0.05, 0.1) is 6.54 Å². The highest BCUT2D eigenvalue weighted by Gasteiger charge is 2.46. The first-order valence-electron chi connectivity index (χ1n) is 11.5. The molecule has 1 aliphatic rings. The second kappa shape index (κ2) is 9.80. The van der Waals surface area contributed by atoms with E-state index in [9.17, 15) is 18.8 Å². The van der Waals surface area contributed by atoms with E-state index in [-0.39, 0.29) is 36.2 Å². The van der Waals surface area contributed by atoms with Crippen molar-refractivity contribution in [1.29, 1.82) is 0 Å². The lowest BCUT2D eigenvalue weighted by molar-refractivity contribution is -0.132. The number of hydrogen-bond acceptors (Lipinski definition) is 5. The number of benzene rings is 2. The molecule has 1 aliphatic heterocycles. The lowest BCUT2D eigenvalue weighted by Gasteiger charge is -2.40. The average molecular weight is 493 g/mol. The van der Waals surface area contributed by atoms with Crippen LogP contribution in [0.3, 0.4) is 0 Å². The molecule has 36 heavy (non-hydrogen) atoms. The Bertz CT molecular complexity index is 1290. The molecule has 0 aliphatic carbocycles. The Kier molecular flexibility index (Phi) is 6.78. The van der Waals surface area contributed by atoms with Gasteiger partial charge in [0.25, 0.3) is 11.8 Å². The van der Waals surface area contributed by atoms with Crippen molar-refractivity contribution in [3.05, 3.63) is 82.9 Å². The Hall–Kier alpha value is -4.21. The minimum Gasteiger partial charge on any atom is -0.378 e. The molecule has 3 amide bonds. The molecule has 0 fully saturated rings. The lowest BCUT2D eigenvalue weighted by Crippen LogP contribution is -2.62. The Labute approximate surface area is 208 Å². The van der Waals surface area contributed by atoms with Crippen LogP contribution in [0.15, 0.2) is 54.6 Å². The molecule has 0 saturated heterocycles. The first-order chi connectivity index (χ1) is 17.1. The molecule has 1 aromatic heterocycles. The third kappa shape index (κ3) is 4.93. The predicted octanol–water partition coefficient (Wildman–Crippen LogP) is 2.18. The van der Waals surface area contributed by atoms with E-state index in [1.807, 2.05) is 43.3 Å². The van der Waals surface area contributed by atoms with Crippen LogP contribution in [-0.2, 0) is 24.4 Å². The third-order valence-corrected chi connectivity index (χ3v) is 6.50. The Morgan fingerprint density at radius 2 is 1.61 bits per heavy atom. The van der Waals surface area contributed by atoms with Gasteiger partial charge in [0.15, 0.2) is 5.69 Å². The quantitative estimate of drug-likeness (QED) is 0.527. The zero-order valence-electron chi connectivity index (χ0n) is 20.7. The van der Waals surface area contributed by atoms with Gasteiger partial charge in [-0.05, 0) is 42.3 Å². The van der Waals surface area contributed by atoms with Crippen LogP contribution in [0, 0.1) is 5.82 Å². The van der Waals surface area contributed by atoms with Crippen LogP contribution in [0.4, 0.5) is 10.1 Å². The van der Waals surface area contributed by atoms with Gasteiger partial charge in [0.1, 0.15) is 17.1 Å². The highest BCUT2D eigenvalue weighted by atomic mass is 19.1. The second-order valence-electron chi connectivity index (χ2n) is 9.26. The summed E-state index contributed by atoms with van der Waals surface area (Å²) in [6.45, 7) is 2.23. The van der Waals surface area contributed by atoms with E-state index in [2.05, 4.69) is 15.7 Å². The van der Waals surface area contributed by atoms with Crippen LogP contribution in [0.25, 0.3) is 0 Å². The van der Waals surface area contributed by atoms with Crippen molar-refractivity contribution in [3.63, 3.8) is 0 Å². The van der Waals surface area contributed by atoms with E-state index >= 15 is 0 Å². The summed E-state index contributed by atoms with van der Waals surface area (Å²) in [4.78, 5) is 42.2. The number of likely N-dealkylation sites (N-methyl/N-ethyl adjacent to an activating group) is 1. The molecule has 2 N–H and O–H groups in total. The minimum atomic E-state index is -1.22. The van der Waals surface area contributed by atoms with Gasteiger partial charge in [-0.3, -0.25) is 19.1 Å². The van der Waals surface area contributed by atoms with E-state index in [1.165, 1.54) is 27.8 Å². The molecule has 4 rings (SSSR count). The zero-order chi connectivity index (χ0) is 26.0. The smallest absolute Gasteiger partial charge is 0.272 e. The van der Waals surface area contributed by atoms with Gasteiger partial charge in [0.2, 0.25) is 5.91 Å². The molecule has 1 atom stereocenters. The van der Waals surface area contributed by atoms with E-state index in [4.69, 9.17) is 0 Å². The summed E-state index contributed by atoms with van der Waals surface area (Å²) >= 11 is 0. The second-order valence-corrected chi connectivity index (χ2v) is 9.26. The van der Waals surface area contributed by atoms with Gasteiger partial charge in [-0.15, -0.1) is 0 Å². The summed E-state index contributed by atoms with van der Waals surface area (Å²) < 4.78 is 14.5. The van der Waals surface area contributed by atoms with E-state index in [0.29, 0.717) is 6.54 Å². The molecule has 2 heterocycles. The van der Waals surface area contributed by atoms with Crippen molar-refractivity contribution in [2.24, 2.45) is 0 Å². The zero-order valence-corrected chi connectivity index (χ0v) is 20.7. The van der Waals surface area contributed by atoms with Gasteiger partial charge >= 0.3 is 0 Å². The van der Waals surface area contributed by atoms with Gasteiger partial charge in [-0.1, -0.05) is 24.3 Å². The van der Waals surface area contributed by atoms with E-state index in [1.54, 1.807) is 26.1 Å². The van der Waals surface area contributed by atoms with Crippen molar-refractivity contribution in [3.8, 4) is 0 Å². The fourth-order valence-electron chi connectivity index (χ4n) is 4.00. The van der Waals surface area contributed by atoms with Crippen molar-refractivity contribution in [2.75, 3.05) is 26.0 Å². The molecule has 3 aromatic rings. The summed E-state index contributed by atoms with van der Waals surface area (Å²) in [5.41, 5.74) is 1.83. The molecule has 9 nitrogen and oxygen atoms in total. The number of aromatic nitrogens is 2. The monoisotopic (exact) mass is 492 g/mol. The molecule has 0 spiro atoms. The maximum atomic E-state index is 13.1. The lowest BCUT2D eigenvalue weighted by atomic mass is 9.96. The summed E-state index contributed by atoms with van der Waals surface area (Å²) in [6, 6.07) is 15.0. The van der Waals surface area contributed by atoms with E-state index in [0.717, 1.165) is 16.8 Å². The Balaban J connectivity index is 1.43. The van der Waals surface area contributed by atoms with Crippen LogP contribution in [0.2, 0.25) is 0 Å². The normalized spacial score (nSPS) is 16.9. The predicted molar refractivity (Wildman–Crippen MR) is 133 cm³/mol. The number of carbonyl (C=O) groups is 3. The Morgan fingerprint density at radius 1 is 1.03 bits per heavy atom. The molecular weight excluding hydrogens is 463 g/mol. The van der Waals surface area contributed by atoms with Crippen molar-refractivity contribution in [1.82, 2.24) is 25.3 Å². The standard InChI is InChI=1S/C26H29FN6O3/c1-26(25(36)29-15-17-5-9-19(27)10-6-17)16-33-22(24(35)32(26)4)13-21(30-33)23(34)28-14-18-7-11-20(12-8-18)31(2)3/h5-13H,14-16H2,1-4H3,(H,28,34)(H,29,36)/t26-/m0/s1. The fourth-order valence-corrected chi connectivity index (χ4v) is 4.00. The van der Waals surface area contributed by atoms with Gasteiger partial charge in [0, 0.05) is 46.0 Å². The number of nitrogens with one attached hydrogen (secondary N) is 2. The molecule has 2 aromatic carbocycles. The van der Waals surface area contributed by atoms with Gasteiger partial charge < -0.3 is 20.4 Å². The highest BCUT2D eigenvalue weighted by molar-refractivity contribution is 6.01. The molecule has 0 unspecified atom stereocenters. The number of nitrogens with zero attached hydrogens (tertiary/aromatic N) is 4. The van der Waals surface area contributed by atoms with Crippen molar-refractivity contribution in [2.45, 2.75) is 32.1 Å². The molecule has 0 bridgehead atoms. The summed E-state index contributed by atoms with van der Waals surface area (Å²) in [7, 11) is 5.46. The number of fused-ring (bicyclic) bond motifs is 1. The maximum absolute atomic E-state index is 13.1. The van der Waals surface area contributed by atoms with Crippen LogP contribution >= 0.6 is 0 Å². The fraction of sp³-hybridized carbons (Fsp3) is 0.308. The number of carbonyl (C=O) groups excluding carboxylic acids is 3. The van der Waals surface area contributed by atoms with Crippen LogP contribution in [0.1, 0.15) is 39.0 Å². The first kappa shape index (κ1) is 24.9. The highest BCUT2D eigenvalue weighted by Crippen LogP contribution is 2.26. The minimum absolute atomic E-state index is 0.0824. The molecule has 0 radical (unpaired) electrons. The van der Waals surface area contributed by atoms with E-state index < -0.39 is 17.4 Å². The molecule has 188 valence electrons. The van der Waals surface area contributed by atoms with Crippen molar-refractivity contribution < 1.29 is 18.8 Å². The summed E-state index contributed by atoms with van der Waals surface area (Å²) in [5.74, 6) is -1.56. The molecular formula is C26H29FN6O3. The summed E-state index contributed by atoms with van der Waals surface area (Å²) in [5, 5.41) is 9.96. The topological polar surface area (TPSA) is 99.6 Å². The molecule has 0 saturated carbocycles. The van der Waals surface area contributed by atoms with Crippen LogP contribution in [-0.4, -0.2) is 59.1 Å². The SMILES string of the molecule is CN(C)c1ccc(CNC(=O)c2cc3n(n2)C[C@@](C)(C(=O)NCc2ccc(F)cc2)N(C)C3=O)cc1. The van der Waals surface area contributed by atoms with Gasteiger partial charge in [-0.2, -0.15) is 5.10 Å². The van der Waals surface area contributed by atoms with Crippen LogP contribution in [0.5, 0.6) is 0 Å². The number of hydrogen-bond donors (Lipinski definition) is 2. The number of amides is 3. The first-order valence-corrected chi connectivity index (χ1v) is 11.5. The maximum Gasteiger partial charge on any atom is 0.272 e. The number of anilines is 1. The Morgan fingerprint density at radius 3 is 2.22 bits per heavy atom. The van der Waals surface area contributed by atoms with Crippen molar-refractivity contribution >= 4 is 23.4 Å². The largest absolute Gasteiger partial charge is 0.378 e. The molecule has 10 heteroatoms. The third-order valence-electron chi connectivity index (χ3n) is 6.50. The average Bonchev–Trinajstić information content (AvgIpc) is 3.29. The summed E-state index contributed by atoms with van der Waals surface area (Å²) in [6.07, 6.45) is 0. The van der Waals surface area contributed by atoms with Crippen LogP contribution < -0.4 is 15.5 Å².